The molecule has 32 heavy (non-hydrogen) atoms. The van der Waals surface area contributed by atoms with E-state index in [1.807, 2.05) is 17.5 Å². The number of morpholine rings is 1. The van der Waals surface area contributed by atoms with Crippen molar-refractivity contribution in [1.29, 1.82) is 0 Å². The third-order valence-corrected chi connectivity index (χ3v) is 5.75. The normalized spacial score (nSPS) is 14.3. The summed E-state index contributed by atoms with van der Waals surface area (Å²) in [7, 11) is 0. The minimum atomic E-state index is -0.563. The van der Waals surface area contributed by atoms with Gasteiger partial charge in [-0.2, -0.15) is 0 Å². The van der Waals surface area contributed by atoms with Crippen LogP contribution in [0.1, 0.15) is 10.6 Å². The molecule has 1 aliphatic heterocycles. The Hall–Kier alpha value is -3.15. The van der Waals surface area contributed by atoms with Crippen molar-refractivity contribution in [2.75, 3.05) is 45.9 Å². The number of rotatable bonds is 8. The van der Waals surface area contributed by atoms with E-state index in [4.69, 9.17) is 4.74 Å². The average molecular weight is 459 g/mol. The number of ether oxygens (including phenoxy) is 1. The number of thiophene rings is 1. The number of hydrogen-bond donors (Lipinski definition) is 2. The Bertz CT molecular complexity index is 1050. The fourth-order valence-electron chi connectivity index (χ4n) is 3.22. The van der Waals surface area contributed by atoms with Gasteiger partial charge in [0, 0.05) is 26.2 Å². The second-order valence-corrected chi connectivity index (χ2v) is 8.06. The summed E-state index contributed by atoms with van der Waals surface area (Å²) in [5.74, 6) is -0.829. The van der Waals surface area contributed by atoms with E-state index in [1.54, 1.807) is 12.1 Å². The van der Waals surface area contributed by atoms with Gasteiger partial charge in [0.2, 0.25) is 11.7 Å². The van der Waals surface area contributed by atoms with Crippen LogP contribution in [0.5, 0.6) is 0 Å². The molecule has 1 fully saturated rings. The van der Waals surface area contributed by atoms with Crippen molar-refractivity contribution in [2.24, 2.45) is 0 Å². The molecule has 2 amide bonds. The lowest BCUT2D eigenvalue weighted by Crippen LogP contribution is -2.43. The van der Waals surface area contributed by atoms with Crippen LogP contribution in [0, 0.1) is 5.82 Å². The Balaban J connectivity index is 1.37. The minimum absolute atomic E-state index is 0.0705. The second kappa shape index (κ2) is 10.4. The number of nitrogens with one attached hydrogen (secondary N) is 2. The van der Waals surface area contributed by atoms with Gasteiger partial charge in [-0.3, -0.25) is 14.5 Å². The van der Waals surface area contributed by atoms with Crippen molar-refractivity contribution in [2.45, 2.75) is 0 Å². The average Bonchev–Trinajstić information content (AvgIpc) is 3.49. The van der Waals surface area contributed by atoms with Crippen molar-refractivity contribution in [1.82, 2.24) is 30.3 Å². The summed E-state index contributed by atoms with van der Waals surface area (Å²) in [5, 5.41) is 11.5. The highest BCUT2D eigenvalue weighted by molar-refractivity contribution is 7.13. The summed E-state index contributed by atoms with van der Waals surface area (Å²) in [6.45, 7) is 4.15. The predicted octanol–water partition coefficient (Wildman–Crippen LogP) is 1.31. The fraction of sp³-hybridized carbons (Fsp3) is 0.333. The van der Waals surface area contributed by atoms with E-state index in [1.165, 1.54) is 28.2 Å². The molecule has 1 saturated heterocycles. The Morgan fingerprint density at radius 3 is 2.62 bits per heavy atom. The van der Waals surface area contributed by atoms with Crippen LogP contribution in [-0.2, 0) is 9.53 Å². The number of halogens is 1. The molecule has 0 saturated carbocycles. The van der Waals surface area contributed by atoms with Gasteiger partial charge in [0.1, 0.15) is 5.82 Å². The van der Waals surface area contributed by atoms with Crippen molar-refractivity contribution >= 4 is 23.2 Å². The van der Waals surface area contributed by atoms with Crippen LogP contribution < -0.4 is 10.6 Å². The van der Waals surface area contributed by atoms with Crippen LogP contribution in [0.4, 0.5) is 4.39 Å². The van der Waals surface area contributed by atoms with Crippen molar-refractivity contribution in [3.63, 3.8) is 0 Å². The third-order valence-electron chi connectivity index (χ3n) is 4.89. The molecule has 3 heterocycles. The number of nitrogens with zero attached hydrogens (tertiary/aromatic N) is 4. The Morgan fingerprint density at radius 1 is 1.12 bits per heavy atom. The van der Waals surface area contributed by atoms with E-state index in [0.29, 0.717) is 31.3 Å². The molecule has 1 aromatic carbocycles. The van der Waals surface area contributed by atoms with Crippen LogP contribution in [-0.4, -0.2) is 77.4 Å². The first-order valence-corrected chi connectivity index (χ1v) is 11.1. The first-order valence-electron chi connectivity index (χ1n) is 10.2. The van der Waals surface area contributed by atoms with E-state index in [-0.39, 0.29) is 24.1 Å². The molecule has 2 N–H and O–H groups in total. The molecule has 168 valence electrons. The van der Waals surface area contributed by atoms with E-state index >= 15 is 0 Å². The fourth-order valence-corrected chi connectivity index (χ4v) is 3.91. The zero-order chi connectivity index (χ0) is 22.3. The predicted molar refractivity (Wildman–Crippen MR) is 117 cm³/mol. The topological polar surface area (TPSA) is 101 Å². The van der Waals surface area contributed by atoms with Gasteiger partial charge < -0.3 is 15.4 Å². The van der Waals surface area contributed by atoms with Gasteiger partial charge in [0.25, 0.3) is 5.91 Å². The van der Waals surface area contributed by atoms with Crippen LogP contribution in [0.2, 0.25) is 0 Å². The zero-order valence-electron chi connectivity index (χ0n) is 17.3. The Kier molecular flexibility index (Phi) is 7.20. The molecule has 3 aromatic rings. The lowest BCUT2D eigenvalue weighted by molar-refractivity contribution is -0.120. The lowest BCUT2D eigenvalue weighted by Gasteiger charge is -2.26. The molecule has 4 rings (SSSR count). The molecular formula is C21H23FN6O3S. The number of carbonyl (C=O) groups is 2. The quantitative estimate of drug-likeness (QED) is 0.528. The molecule has 0 radical (unpaired) electrons. The van der Waals surface area contributed by atoms with Gasteiger partial charge in [-0.25, -0.2) is 14.1 Å². The molecule has 0 atom stereocenters. The third kappa shape index (κ3) is 5.55. The van der Waals surface area contributed by atoms with Gasteiger partial charge in [-0.05, 0) is 35.7 Å². The van der Waals surface area contributed by atoms with Crippen molar-refractivity contribution in [3.8, 4) is 16.4 Å². The van der Waals surface area contributed by atoms with Gasteiger partial charge in [-0.15, -0.1) is 16.4 Å². The number of carbonyl (C=O) groups excluding carboxylic acids is 2. The molecule has 11 heteroatoms. The van der Waals surface area contributed by atoms with Gasteiger partial charge >= 0.3 is 0 Å². The van der Waals surface area contributed by atoms with Crippen LogP contribution in [0.15, 0.2) is 41.8 Å². The Labute approximate surface area is 188 Å². The minimum Gasteiger partial charge on any atom is -0.379 e. The van der Waals surface area contributed by atoms with Gasteiger partial charge in [0.05, 0.1) is 30.3 Å². The SMILES string of the molecule is O=C(CNC(=O)c1nc(-c2cccs2)n(-c2ccc(F)cc2)n1)NCCN1CCOCC1. The van der Waals surface area contributed by atoms with E-state index in [2.05, 4.69) is 25.6 Å². The van der Waals surface area contributed by atoms with E-state index in [0.717, 1.165) is 24.5 Å². The summed E-state index contributed by atoms with van der Waals surface area (Å²) in [4.78, 5) is 32.0. The van der Waals surface area contributed by atoms with Crippen LogP contribution >= 0.6 is 11.3 Å². The molecule has 0 bridgehead atoms. The number of hydrogen-bond acceptors (Lipinski definition) is 7. The molecular weight excluding hydrogens is 435 g/mol. The highest BCUT2D eigenvalue weighted by Gasteiger charge is 2.20. The summed E-state index contributed by atoms with van der Waals surface area (Å²) in [5.41, 5.74) is 0.571. The monoisotopic (exact) mass is 458 g/mol. The largest absolute Gasteiger partial charge is 0.379 e. The summed E-state index contributed by atoms with van der Waals surface area (Å²) in [6, 6.07) is 9.48. The number of amides is 2. The molecule has 0 aliphatic carbocycles. The maximum absolute atomic E-state index is 13.3. The maximum atomic E-state index is 13.3. The first-order chi connectivity index (χ1) is 15.6. The van der Waals surface area contributed by atoms with Crippen LogP contribution in [0.25, 0.3) is 16.4 Å². The number of aromatic nitrogens is 3. The second-order valence-electron chi connectivity index (χ2n) is 7.11. The Morgan fingerprint density at radius 2 is 1.91 bits per heavy atom. The molecule has 2 aromatic heterocycles. The zero-order valence-corrected chi connectivity index (χ0v) is 18.1. The van der Waals surface area contributed by atoms with E-state index < -0.39 is 5.91 Å². The summed E-state index contributed by atoms with van der Waals surface area (Å²) in [6.07, 6.45) is 0. The smallest absolute Gasteiger partial charge is 0.291 e. The highest BCUT2D eigenvalue weighted by Crippen LogP contribution is 2.25. The van der Waals surface area contributed by atoms with Gasteiger partial charge in [-0.1, -0.05) is 6.07 Å². The molecule has 0 spiro atoms. The van der Waals surface area contributed by atoms with E-state index in [9.17, 15) is 14.0 Å². The maximum Gasteiger partial charge on any atom is 0.291 e. The first kappa shape index (κ1) is 22.1. The number of benzene rings is 1. The summed E-state index contributed by atoms with van der Waals surface area (Å²) < 4.78 is 20.1. The van der Waals surface area contributed by atoms with Crippen molar-refractivity contribution < 1.29 is 18.7 Å². The lowest BCUT2D eigenvalue weighted by atomic mass is 10.3. The van der Waals surface area contributed by atoms with Crippen molar-refractivity contribution in [3.05, 3.63) is 53.4 Å². The standard InChI is InChI=1S/C21H23FN6O3S/c22-15-3-5-16(6-4-15)28-20(17-2-1-13-32-17)25-19(26-28)21(30)24-14-18(29)23-7-8-27-9-11-31-12-10-27/h1-6,13H,7-12,14H2,(H,23,29)(H,24,30). The highest BCUT2D eigenvalue weighted by atomic mass is 32.1. The van der Waals surface area contributed by atoms with Gasteiger partial charge in [0.15, 0.2) is 5.82 Å². The van der Waals surface area contributed by atoms with Crippen LogP contribution in [0.3, 0.4) is 0 Å². The molecule has 0 unspecified atom stereocenters. The molecule has 1 aliphatic rings. The molecule has 9 nitrogen and oxygen atoms in total. The summed E-state index contributed by atoms with van der Waals surface area (Å²) >= 11 is 1.45.